The van der Waals surface area contributed by atoms with Crippen molar-refractivity contribution in [3.63, 3.8) is 0 Å². The lowest BCUT2D eigenvalue weighted by molar-refractivity contribution is -0.167. The van der Waals surface area contributed by atoms with Crippen LogP contribution < -0.4 is 0 Å². The van der Waals surface area contributed by atoms with Crippen molar-refractivity contribution in [3.8, 4) is 0 Å². The van der Waals surface area contributed by atoms with Crippen LogP contribution in [0.4, 0.5) is 0 Å². The van der Waals surface area contributed by atoms with E-state index in [9.17, 15) is 14.4 Å². The first kappa shape index (κ1) is 59.6. The third kappa shape index (κ3) is 48.7. The van der Waals surface area contributed by atoms with Crippen LogP contribution in [0.2, 0.25) is 0 Å². The van der Waals surface area contributed by atoms with Crippen molar-refractivity contribution in [2.45, 2.75) is 290 Å². The Kier molecular flexibility index (Phi) is 49.3. The van der Waals surface area contributed by atoms with Crippen molar-refractivity contribution < 1.29 is 28.6 Å². The van der Waals surface area contributed by atoms with Crippen LogP contribution in [0.15, 0.2) is 36.5 Å². The molecule has 0 radical (unpaired) electrons. The third-order valence-electron chi connectivity index (χ3n) is 11.9. The summed E-state index contributed by atoms with van der Waals surface area (Å²) >= 11 is 0. The zero-order valence-electron chi connectivity index (χ0n) is 41.4. The Morgan fingerprint density at radius 2 is 0.581 bits per heavy atom. The van der Waals surface area contributed by atoms with Gasteiger partial charge in [0.05, 0.1) is 0 Å². The normalized spacial score (nSPS) is 12.2. The molecule has 0 saturated carbocycles. The minimum atomic E-state index is -0.775. The largest absolute Gasteiger partial charge is 0.462 e. The lowest BCUT2D eigenvalue weighted by Crippen LogP contribution is -2.30. The van der Waals surface area contributed by atoms with Crippen LogP contribution in [0.3, 0.4) is 0 Å². The van der Waals surface area contributed by atoms with Crippen LogP contribution in [-0.4, -0.2) is 37.2 Å². The molecular formula is C56H102O6. The predicted molar refractivity (Wildman–Crippen MR) is 266 cm³/mol. The van der Waals surface area contributed by atoms with E-state index in [1.54, 1.807) is 0 Å². The minimum Gasteiger partial charge on any atom is -0.462 e. The molecule has 0 aliphatic rings. The molecule has 0 saturated heterocycles. The van der Waals surface area contributed by atoms with Crippen LogP contribution in [0, 0.1) is 0 Å². The van der Waals surface area contributed by atoms with Crippen molar-refractivity contribution >= 4 is 17.9 Å². The summed E-state index contributed by atoms with van der Waals surface area (Å²) in [6.07, 6.45) is 59.9. The van der Waals surface area contributed by atoms with Gasteiger partial charge in [0.2, 0.25) is 0 Å². The summed E-state index contributed by atoms with van der Waals surface area (Å²) in [7, 11) is 0. The summed E-state index contributed by atoms with van der Waals surface area (Å²) in [5.74, 6) is -0.884. The fourth-order valence-corrected chi connectivity index (χ4v) is 7.76. The molecule has 0 aromatic carbocycles. The first-order valence-electron chi connectivity index (χ1n) is 27.0. The summed E-state index contributed by atoms with van der Waals surface area (Å²) in [4.78, 5) is 37.9. The van der Waals surface area contributed by atoms with Crippen LogP contribution in [0.5, 0.6) is 0 Å². The molecule has 62 heavy (non-hydrogen) atoms. The molecule has 6 heteroatoms. The Morgan fingerprint density at radius 3 is 0.935 bits per heavy atom. The highest BCUT2D eigenvalue weighted by Crippen LogP contribution is 2.15. The molecule has 0 heterocycles. The second kappa shape index (κ2) is 51.3. The molecule has 0 N–H and O–H groups in total. The first-order valence-corrected chi connectivity index (χ1v) is 27.0. The smallest absolute Gasteiger partial charge is 0.306 e. The van der Waals surface area contributed by atoms with Crippen LogP contribution >= 0.6 is 0 Å². The number of esters is 3. The van der Waals surface area contributed by atoms with E-state index in [4.69, 9.17) is 14.2 Å². The monoisotopic (exact) mass is 871 g/mol. The third-order valence-corrected chi connectivity index (χ3v) is 11.9. The predicted octanol–water partition coefficient (Wildman–Crippen LogP) is 17.7. The number of rotatable bonds is 49. The van der Waals surface area contributed by atoms with Crippen LogP contribution in [0.1, 0.15) is 284 Å². The van der Waals surface area contributed by atoms with E-state index in [1.165, 1.54) is 167 Å². The van der Waals surface area contributed by atoms with Gasteiger partial charge in [-0.1, -0.05) is 224 Å². The number of carbonyl (C=O) groups is 3. The molecule has 0 aliphatic carbocycles. The molecule has 6 nitrogen and oxygen atoms in total. The summed E-state index contributed by atoms with van der Waals surface area (Å²) in [6.45, 7) is 6.60. The van der Waals surface area contributed by atoms with Crippen molar-refractivity contribution in [2.75, 3.05) is 13.2 Å². The molecule has 0 fully saturated rings. The number of allylic oxidation sites excluding steroid dienone is 6. The lowest BCUT2D eigenvalue weighted by Gasteiger charge is -2.18. The van der Waals surface area contributed by atoms with Crippen molar-refractivity contribution in [1.82, 2.24) is 0 Å². The Balaban J connectivity index is 4.31. The average Bonchev–Trinajstić information content (AvgIpc) is 3.27. The summed E-state index contributed by atoms with van der Waals surface area (Å²) in [6, 6.07) is 0. The highest BCUT2D eigenvalue weighted by atomic mass is 16.6. The van der Waals surface area contributed by atoms with Crippen molar-refractivity contribution in [2.24, 2.45) is 0 Å². The molecule has 0 bridgehead atoms. The highest BCUT2D eigenvalue weighted by Gasteiger charge is 2.19. The fourth-order valence-electron chi connectivity index (χ4n) is 7.76. The Labute approximate surface area is 385 Å². The van der Waals surface area contributed by atoms with E-state index >= 15 is 0 Å². The fraction of sp³-hybridized carbons (Fsp3) is 0.839. The van der Waals surface area contributed by atoms with Gasteiger partial charge in [0.15, 0.2) is 6.10 Å². The number of hydrogen-bond acceptors (Lipinski definition) is 6. The van der Waals surface area contributed by atoms with Gasteiger partial charge in [-0.25, -0.2) is 0 Å². The quantitative estimate of drug-likeness (QED) is 0.0262. The molecule has 0 rings (SSSR count). The van der Waals surface area contributed by atoms with Crippen molar-refractivity contribution in [1.29, 1.82) is 0 Å². The number of carbonyl (C=O) groups excluding carboxylic acids is 3. The van der Waals surface area contributed by atoms with Gasteiger partial charge in [-0.2, -0.15) is 0 Å². The zero-order valence-corrected chi connectivity index (χ0v) is 41.4. The van der Waals surface area contributed by atoms with E-state index in [2.05, 4.69) is 57.2 Å². The number of hydrogen-bond donors (Lipinski definition) is 0. The van der Waals surface area contributed by atoms with Gasteiger partial charge in [0.1, 0.15) is 13.2 Å². The molecular weight excluding hydrogens is 769 g/mol. The maximum Gasteiger partial charge on any atom is 0.306 e. The molecule has 362 valence electrons. The molecule has 1 atom stereocenters. The summed E-state index contributed by atoms with van der Waals surface area (Å²) in [5, 5.41) is 0. The van der Waals surface area contributed by atoms with Gasteiger partial charge in [0, 0.05) is 19.3 Å². The van der Waals surface area contributed by atoms with Gasteiger partial charge >= 0.3 is 17.9 Å². The first-order chi connectivity index (χ1) is 30.5. The molecule has 0 spiro atoms. The molecule has 0 aliphatic heterocycles. The van der Waals surface area contributed by atoms with E-state index < -0.39 is 6.10 Å². The maximum atomic E-state index is 12.8. The second-order valence-corrected chi connectivity index (χ2v) is 18.1. The molecule has 0 aromatic heterocycles. The summed E-state index contributed by atoms with van der Waals surface area (Å²) in [5.41, 5.74) is 0. The number of ether oxygens (including phenoxy) is 3. The van der Waals surface area contributed by atoms with Gasteiger partial charge in [-0.05, 0) is 77.0 Å². The highest BCUT2D eigenvalue weighted by molar-refractivity contribution is 5.71. The van der Waals surface area contributed by atoms with E-state index in [0.29, 0.717) is 19.3 Å². The maximum absolute atomic E-state index is 12.8. The van der Waals surface area contributed by atoms with Gasteiger partial charge in [-0.3, -0.25) is 14.4 Å². The molecule has 0 aromatic rings. The second-order valence-electron chi connectivity index (χ2n) is 18.1. The van der Waals surface area contributed by atoms with E-state index in [1.807, 2.05) is 0 Å². The molecule has 1 unspecified atom stereocenters. The minimum absolute atomic E-state index is 0.0755. The standard InChI is InChI=1S/C56H102O6/c1-4-7-10-13-16-19-21-23-25-27-29-30-32-34-37-40-43-46-49-55(58)61-52-53(51-60-54(57)48-45-42-39-36-18-15-12-9-6-3)62-56(59)50-47-44-41-38-35-33-31-28-26-24-22-20-17-14-11-8-5-2/h17,20,24,26,29-30,53H,4-16,18-19,21-23,25,27-28,31-52H2,1-3H3/b20-17-,26-24-,30-29-. The lowest BCUT2D eigenvalue weighted by atomic mass is 10.1. The Morgan fingerprint density at radius 1 is 0.323 bits per heavy atom. The Bertz CT molecular complexity index is 1050. The zero-order chi connectivity index (χ0) is 45.1. The van der Waals surface area contributed by atoms with Crippen LogP contribution in [-0.2, 0) is 28.6 Å². The van der Waals surface area contributed by atoms with E-state index in [-0.39, 0.29) is 31.1 Å². The molecule has 0 amide bonds. The number of unbranched alkanes of at least 4 members (excludes halogenated alkanes) is 32. The van der Waals surface area contributed by atoms with Gasteiger partial charge in [0.25, 0.3) is 0 Å². The Hall–Kier alpha value is -2.37. The van der Waals surface area contributed by atoms with Gasteiger partial charge < -0.3 is 14.2 Å². The van der Waals surface area contributed by atoms with Gasteiger partial charge in [-0.15, -0.1) is 0 Å². The SMILES string of the molecule is CCCCC/C=C\C/C=C\CCCCCCCCCC(=O)OC(COC(=O)CCCCCCC/C=C\CCCCCCCCCCC)COC(=O)CCCCCCCCCCC. The average molecular weight is 871 g/mol. The summed E-state index contributed by atoms with van der Waals surface area (Å²) < 4.78 is 16.8. The van der Waals surface area contributed by atoms with E-state index in [0.717, 1.165) is 77.0 Å². The topological polar surface area (TPSA) is 78.9 Å². The van der Waals surface area contributed by atoms with Crippen molar-refractivity contribution in [3.05, 3.63) is 36.5 Å². The van der Waals surface area contributed by atoms with Crippen LogP contribution in [0.25, 0.3) is 0 Å².